The molecule has 1 aliphatic rings. The molecule has 0 spiro atoms. The highest BCUT2D eigenvalue weighted by atomic mass is 79.9. The summed E-state index contributed by atoms with van der Waals surface area (Å²) in [4.78, 5) is 16.4. The van der Waals surface area contributed by atoms with Crippen LogP contribution in [0.3, 0.4) is 0 Å². The molecule has 0 radical (unpaired) electrons. The van der Waals surface area contributed by atoms with Gasteiger partial charge in [-0.2, -0.15) is 0 Å². The topological polar surface area (TPSA) is 80.0 Å². The van der Waals surface area contributed by atoms with E-state index in [9.17, 15) is 4.79 Å². The highest BCUT2D eigenvalue weighted by Gasteiger charge is 2.18. The van der Waals surface area contributed by atoms with Gasteiger partial charge in [0.1, 0.15) is 0 Å². The second kappa shape index (κ2) is 6.86. The number of nitrogens with one attached hydrogen (secondary N) is 2. The molecule has 19 heavy (non-hydrogen) atoms. The summed E-state index contributed by atoms with van der Waals surface area (Å²) >= 11 is 3.32. The van der Waals surface area contributed by atoms with Crippen LogP contribution in [-0.2, 0) is 0 Å². The van der Waals surface area contributed by atoms with Crippen LogP contribution in [0.4, 0.5) is 5.82 Å². The molecule has 0 unspecified atom stereocenters. The number of aromatic nitrogens is 1. The van der Waals surface area contributed by atoms with Gasteiger partial charge in [0.05, 0.1) is 5.56 Å². The Morgan fingerprint density at radius 2 is 2.00 bits per heavy atom. The van der Waals surface area contributed by atoms with Crippen molar-refractivity contribution < 1.29 is 4.79 Å². The zero-order valence-corrected chi connectivity index (χ0v) is 12.4. The summed E-state index contributed by atoms with van der Waals surface area (Å²) in [5, 5.41) is 3.08. The van der Waals surface area contributed by atoms with Gasteiger partial charge in [0.15, 0.2) is 5.82 Å². The van der Waals surface area contributed by atoms with E-state index in [0.717, 1.165) is 17.3 Å². The smallest absolute Gasteiger partial charge is 0.255 e. The monoisotopic (exact) mass is 326 g/mol. The molecule has 0 aliphatic heterocycles. The third kappa shape index (κ3) is 3.91. The normalized spacial score (nSPS) is 16.7. The lowest BCUT2D eigenvalue weighted by Gasteiger charge is -2.17. The van der Waals surface area contributed by atoms with Crippen LogP contribution in [0.25, 0.3) is 0 Å². The van der Waals surface area contributed by atoms with E-state index in [1.165, 1.54) is 25.7 Å². The molecule has 0 saturated heterocycles. The number of nitrogens with zero attached hydrogens (tertiary/aromatic N) is 1. The maximum atomic E-state index is 12.3. The van der Waals surface area contributed by atoms with Crippen LogP contribution in [0.15, 0.2) is 16.7 Å². The fraction of sp³-hybridized carbons (Fsp3) is 0.538. The van der Waals surface area contributed by atoms with Crippen LogP contribution in [0, 0.1) is 0 Å². The summed E-state index contributed by atoms with van der Waals surface area (Å²) in [7, 11) is 0. The van der Waals surface area contributed by atoms with E-state index in [4.69, 9.17) is 5.84 Å². The van der Waals surface area contributed by atoms with Gasteiger partial charge in [-0.25, -0.2) is 10.8 Å². The second-order valence-electron chi connectivity index (χ2n) is 4.86. The van der Waals surface area contributed by atoms with Gasteiger partial charge in [0.2, 0.25) is 0 Å². The van der Waals surface area contributed by atoms with Crippen molar-refractivity contribution in [1.29, 1.82) is 0 Å². The second-order valence-corrected chi connectivity index (χ2v) is 5.77. The van der Waals surface area contributed by atoms with Crippen molar-refractivity contribution in [3.8, 4) is 0 Å². The predicted octanol–water partition coefficient (Wildman–Crippen LogP) is 2.58. The number of halogens is 1. The number of hydrogen-bond acceptors (Lipinski definition) is 4. The van der Waals surface area contributed by atoms with Gasteiger partial charge >= 0.3 is 0 Å². The first-order valence-corrected chi connectivity index (χ1v) is 7.43. The average Bonchev–Trinajstić information content (AvgIpc) is 2.67. The molecule has 0 aromatic carbocycles. The lowest BCUT2D eigenvalue weighted by Crippen LogP contribution is -2.35. The minimum Gasteiger partial charge on any atom is -0.349 e. The Morgan fingerprint density at radius 3 is 2.63 bits per heavy atom. The van der Waals surface area contributed by atoms with Gasteiger partial charge < -0.3 is 10.7 Å². The molecule has 1 fully saturated rings. The number of nitrogen functional groups attached to an aromatic ring is 1. The third-order valence-corrected chi connectivity index (χ3v) is 3.86. The summed E-state index contributed by atoms with van der Waals surface area (Å²) in [6.07, 6.45) is 8.61. The largest absolute Gasteiger partial charge is 0.349 e. The van der Waals surface area contributed by atoms with Crippen molar-refractivity contribution in [2.45, 2.75) is 44.6 Å². The number of nitrogens with two attached hydrogens (primary N) is 1. The Kier molecular flexibility index (Phi) is 5.15. The van der Waals surface area contributed by atoms with Crippen LogP contribution in [-0.4, -0.2) is 16.9 Å². The molecule has 5 nitrogen and oxygen atoms in total. The number of hydrogen-bond donors (Lipinski definition) is 3. The maximum absolute atomic E-state index is 12.3. The first-order valence-electron chi connectivity index (χ1n) is 6.63. The molecule has 1 aromatic rings. The lowest BCUT2D eigenvalue weighted by molar-refractivity contribution is 0.0934. The van der Waals surface area contributed by atoms with Gasteiger partial charge in [0, 0.05) is 16.7 Å². The molecular weight excluding hydrogens is 308 g/mol. The highest BCUT2D eigenvalue weighted by molar-refractivity contribution is 9.10. The predicted molar refractivity (Wildman–Crippen MR) is 78.7 cm³/mol. The quantitative estimate of drug-likeness (QED) is 0.453. The first kappa shape index (κ1) is 14.3. The van der Waals surface area contributed by atoms with Crippen molar-refractivity contribution in [3.63, 3.8) is 0 Å². The van der Waals surface area contributed by atoms with E-state index in [1.54, 1.807) is 12.3 Å². The number of carbonyl (C=O) groups excluding carboxylic acids is 1. The summed E-state index contributed by atoms with van der Waals surface area (Å²) < 4.78 is 0.762. The zero-order valence-electron chi connectivity index (χ0n) is 10.8. The minimum atomic E-state index is -0.117. The first-order chi connectivity index (χ1) is 9.20. The number of hydrazine groups is 1. The minimum absolute atomic E-state index is 0.117. The van der Waals surface area contributed by atoms with Crippen molar-refractivity contribution >= 4 is 27.7 Å². The number of carbonyl (C=O) groups is 1. The molecule has 6 heteroatoms. The van der Waals surface area contributed by atoms with Crippen LogP contribution in [0.2, 0.25) is 0 Å². The van der Waals surface area contributed by atoms with Crippen LogP contribution >= 0.6 is 15.9 Å². The molecule has 2 rings (SSSR count). The molecule has 1 amide bonds. The van der Waals surface area contributed by atoms with Gasteiger partial charge in [-0.3, -0.25) is 4.79 Å². The molecule has 104 valence electrons. The molecule has 0 bridgehead atoms. The summed E-state index contributed by atoms with van der Waals surface area (Å²) in [5.41, 5.74) is 2.93. The lowest BCUT2D eigenvalue weighted by atomic mass is 10.1. The van der Waals surface area contributed by atoms with Crippen LogP contribution in [0.5, 0.6) is 0 Å². The number of anilines is 1. The van der Waals surface area contributed by atoms with Crippen molar-refractivity contribution in [2.24, 2.45) is 5.84 Å². The Bertz CT molecular complexity index is 444. The van der Waals surface area contributed by atoms with Crippen LogP contribution in [0.1, 0.15) is 48.9 Å². The number of amides is 1. The molecule has 1 aliphatic carbocycles. The van der Waals surface area contributed by atoms with E-state index >= 15 is 0 Å². The Hall–Kier alpha value is -1.14. The van der Waals surface area contributed by atoms with Gasteiger partial charge in [-0.1, -0.05) is 25.7 Å². The van der Waals surface area contributed by atoms with Gasteiger partial charge in [-0.05, 0) is 34.8 Å². The molecule has 0 atom stereocenters. The van der Waals surface area contributed by atoms with Crippen LogP contribution < -0.4 is 16.6 Å². The Morgan fingerprint density at radius 1 is 1.32 bits per heavy atom. The van der Waals surface area contributed by atoms with Crippen molar-refractivity contribution in [3.05, 3.63) is 22.3 Å². The molecule has 1 aromatic heterocycles. The fourth-order valence-electron chi connectivity index (χ4n) is 2.41. The molecule has 1 saturated carbocycles. The summed E-state index contributed by atoms with van der Waals surface area (Å²) in [6.45, 7) is 0. The summed E-state index contributed by atoms with van der Waals surface area (Å²) in [6, 6.07) is 1.99. The van der Waals surface area contributed by atoms with Crippen molar-refractivity contribution in [2.75, 3.05) is 5.43 Å². The molecular formula is C13H19BrN4O. The zero-order chi connectivity index (χ0) is 13.7. The van der Waals surface area contributed by atoms with Gasteiger partial charge in [-0.15, -0.1) is 0 Å². The van der Waals surface area contributed by atoms with E-state index < -0.39 is 0 Å². The standard InChI is InChI=1S/C13H19BrN4O/c14-9-7-11(12(18-15)16-8-9)13(19)17-10-5-3-1-2-4-6-10/h7-8,10H,1-6,15H2,(H,16,18)(H,17,19). The SMILES string of the molecule is NNc1ncc(Br)cc1C(=O)NC1CCCCCC1. The Labute approximate surface area is 121 Å². The molecule has 4 N–H and O–H groups in total. The Balaban J connectivity index is 2.08. The highest BCUT2D eigenvalue weighted by Crippen LogP contribution is 2.20. The van der Waals surface area contributed by atoms with E-state index in [-0.39, 0.29) is 11.9 Å². The van der Waals surface area contributed by atoms with Gasteiger partial charge in [0.25, 0.3) is 5.91 Å². The number of pyridine rings is 1. The fourth-order valence-corrected chi connectivity index (χ4v) is 2.75. The van der Waals surface area contributed by atoms with E-state index in [2.05, 4.69) is 31.7 Å². The third-order valence-electron chi connectivity index (χ3n) is 3.43. The average molecular weight is 327 g/mol. The van der Waals surface area contributed by atoms with E-state index in [1.807, 2.05) is 0 Å². The van der Waals surface area contributed by atoms with E-state index in [0.29, 0.717) is 11.4 Å². The molecule has 1 heterocycles. The van der Waals surface area contributed by atoms with Crippen molar-refractivity contribution in [1.82, 2.24) is 10.3 Å². The summed E-state index contributed by atoms with van der Waals surface area (Å²) in [5.74, 6) is 5.67. The number of rotatable bonds is 3. The maximum Gasteiger partial charge on any atom is 0.255 e.